The zero-order valence-electron chi connectivity index (χ0n) is 15.4. The van der Waals surface area contributed by atoms with Crippen LogP contribution >= 0.6 is 11.6 Å². The number of hydrogen-bond donors (Lipinski definition) is 0. The van der Waals surface area contributed by atoms with Crippen LogP contribution < -0.4 is 4.90 Å². The van der Waals surface area contributed by atoms with Crippen molar-refractivity contribution in [1.29, 1.82) is 0 Å². The molecule has 0 atom stereocenters. The lowest BCUT2D eigenvalue weighted by Crippen LogP contribution is -2.40. The molecule has 0 saturated carbocycles. The van der Waals surface area contributed by atoms with Crippen LogP contribution in [0.25, 0.3) is 0 Å². The van der Waals surface area contributed by atoms with E-state index in [1.54, 1.807) is 7.05 Å². The van der Waals surface area contributed by atoms with Crippen molar-refractivity contribution in [3.8, 4) is 0 Å². The molecule has 0 spiro atoms. The minimum atomic E-state index is -0.552. The minimum absolute atomic E-state index is 0.191. The number of rotatable bonds is 6. The first-order chi connectivity index (χ1) is 12.8. The fourth-order valence-electron chi connectivity index (χ4n) is 2.53. The summed E-state index contributed by atoms with van der Waals surface area (Å²) >= 11 is 6.20. The second kappa shape index (κ2) is 9.19. The van der Waals surface area contributed by atoms with Gasteiger partial charge in [-0.2, -0.15) is 0 Å². The monoisotopic (exact) mass is 388 g/mol. The van der Waals surface area contributed by atoms with Gasteiger partial charge in [-0.25, -0.2) is 4.79 Å². The van der Waals surface area contributed by atoms with Gasteiger partial charge >= 0.3 is 5.97 Å². The molecule has 0 heterocycles. The Labute approximate surface area is 163 Å². The van der Waals surface area contributed by atoms with Gasteiger partial charge in [0, 0.05) is 20.5 Å². The summed E-state index contributed by atoms with van der Waals surface area (Å²) in [6.45, 7) is 1.57. The van der Waals surface area contributed by atoms with E-state index in [1.807, 2.05) is 30.3 Å². The van der Waals surface area contributed by atoms with E-state index in [2.05, 4.69) is 0 Å². The molecule has 0 saturated heterocycles. The Bertz CT molecular complexity index is 839. The average Bonchev–Trinajstić information content (AvgIpc) is 2.66. The second-order valence-electron chi connectivity index (χ2n) is 6.00. The van der Waals surface area contributed by atoms with Crippen molar-refractivity contribution in [3.63, 3.8) is 0 Å². The van der Waals surface area contributed by atoms with Gasteiger partial charge in [-0.1, -0.05) is 41.9 Å². The summed E-state index contributed by atoms with van der Waals surface area (Å²) in [6.07, 6.45) is 0. The predicted octanol–water partition coefficient (Wildman–Crippen LogP) is 3.14. The summed E-state index contributed by atoms with van der Waals surface area (Å²) in [5, 5.41) is 0.261. The highest BCUT2D eigenvalue weighted by Gasteiger charge is 2.22. The van der Waals surface area contributed by atoms with Gasteiger partial charge in [0.25, 0.3) is 0 Å². The van der Waals surface area contributed by atoms with Crippen molar-refractivity contribution in [2.24, 2.45) is 0 Å². The fourth-order valence-corrected chi connectivity index (χ4v) is 2.75. The third-order valence-corrected chi connectivity index (χ3v) is 4.34. The van der Waals surface area contributed by atoms with Gasteiger partial charge in [-0.05, 0) is 23.8 Å². The van der Waals surface area contributed by atoms with Crippen molar-refractivity contribution < 1.29 is 19.1 Å². The molecule has 0 aliphatic carbocycles. The lowest BCUT2D eigenvalue weighted by Gasteiger charge is -2.25. The molecule has 142 valence electrons. The van der Waals surface area contributed by atoms with E-state index >= 15 is 0 Å². The van der Waals surface area contributed by atoms with Crippen molar-refractivity contribution in [2.45, 2.75) is 13.5 Å². The summed E-state index contributed by atoms with van der Waals surface area (Å²) in [5.74, 6) is -1.17. The first kappa shape index (κ1) is 20.5. The number of benzene rings is 2. The highest BCUT2D eigenvalue weighted by molar-refractivity contribution is 6.34. The SMILES string of the molecule is COC(=O)c1ccc(Cl)c(N(CC(=O)N(C)Cc2ccccc2)C(C)=O)c1. The van der Waals surface area contributed by atoms with Gasteiger partial charge in [0.15, 0.2) is 0 Å². The number of hydrogen-bond acceptors (Lipinski definition) is 4. The first-order valence-electron chi connectivity index (χ1n) is 8.27. The Morgan fingerprint density at radius 1 is 1.07 bits per heavy atom. The second-order valence-corrected chi connectivity index (χ2v) is 6.41. The number of nitrogens with zero attached hydrogens (tertiary/aromatic N) is 2. The molecule has 2 aromatic carbocycles. The van der Waals surface area contributed by atoms with Crippen LogP contribution in [0.15, 0.2) is 48.5 Å². The molecule has 0 aliphatic heterocycles. The largest absolute Gasteiger partial charge is 0.465 e. The minimum Gasteiger partial charge on any atom is -0.465 e. The van der Waals surface area contributed by atoms with Crippen molar-refractivity contribution in [1.82, 2.24) is 4.90 Å². The maximum Gasteiger partial charge on any atom is 0.337 e. The predicted molar refractivity (Wildman–Crippen MR) is 104 cm³/mol. The average molecular weight is 389 g/mol. The number of methoxy groups -OCH3 is 1. The van der Waals surface area contributed by atoms with Crippen LogP contribution in [0, 0.1) is 0 Å². The highest BCUT2D eigenvalue weighted by atomic mass is 35.5. The smallest absolute Gasteiger partial charge is 0.337 e. The molecule has 0 fully saturated rings. The Morgan fingerprint density at radius 2 is 1.74 bits per heavy atom. The number of carbonyl (C=O) groups is 3. The summed E-state index contributed by atoms with van der Waals surface area (Å²) in [6, 6.07) is 14.0. The van der Waals surface area contributed by atoms with E-state index in [0.29, 0.717) is 6.54 Å². The third kappa shape index (κ3) is 5.31. The normalized spacial score (nSPS) is 10.2. The van der Waals surface area contributed by atoms with Crippen LogP contribution in [0.2, 0.25) is 5.02 Å². The number of ether oxygens (including phenoxy) is 1. The molecule has 2 rings (SSSR count). The molecule has 6 nitrogen and oxygen atoms in total. The molecule has 2 amide bonds. The van der Waals surface area contributed by atoms with Crippen LogP contribution in [0.4, 0.5) is 5.69 Å². The van der Waals surface area contributed by atoms with Gasteiger partial charge in [0.05, 0.1) is 23.4 Å². The first-order valence-corrected chi connectivity index (χ1v) is 8.65. The van der Waals surface area contributed by atoms with E-state index < -0.39 is 5.97 Å². The molecule has 0 bridgehead atoms. The maximum absolute atomic E-state index is 12.6. The Kier molecular flexibility index (Phi) is 6.96. The van der Waals surface area contributed by atoms with Crippen LogP contribution in [-0.4, -0.2) is 43.4 Å². The van der Waals surface area contributed by atoms with Crippen LogP contribution in [-0.2, 0) is 20.9 Å². The van der Waals surface area contributed by atoms with Crippen LogP contribution in [0.3, 0.4) is 0 Å². The molecule has 2 aromatic rings. The van der Waals surface area contributed by atoms with Crippen molar-refractivity contribution in [2.75, 3.05) is 25.6 Å². The Hall–Kier alpha value is -2.86. The van der Waals surface area contributed by atoms with Crippen LogP contribution in [0.5, 0.6) is 0 Å². The molecule has 0 unspecified atom stereocenters. The van der Waals surface area contributed by atoms with E-state index in [-0.39, 0.29) is 34.6 Å². The zero-order chi connectivity index (χ0) is 20.0. The topological polar surface area (TPSA) is 66.9 Å². The maximum atomic E-state index is 12.6. The molecule has 0 aliphatic rings. The highest BCUT2D eigenvalue weighted by Crippen LogP contribution is 2.27. The summed E-state index contributed by atoms with van der Waals surface area (Å²) in [7, 11) is 2.93. The van der Waals surface area contributed by atoms with E-state index in [9.17, 15) is 14.4 Å². The van der Waals surface area contributed by atoms with E-state index in [4.69, 9.17) is 16.3 Å². The molecular formula is C20H21ClN2O4. The van der Waals surface area contributed by atoms with Gasteiger partial charge in [-0.15, -0.1) is 0 Å². The quantitative estimate of drug-likeness (QED) is 0.713. The number of esters is 1. The molecular weight excluding hydrogens is 368 g/mol. The van der Waals surface area contributed by atoms with Gasteiger partial charge < -0.3 is 14.5 Å². The third-order valence-electron chi connectivity index (χ3n) is 4.02. The number of carbonyl (C=O) groups excluding carboxylic acids is 3. The number of likely N-dealkylation sites (N-methyl/N-ethyl adjacent to an activating group) is 1. The molecule has 27 heavy (non-hydrogen) atoms. The molecule has 7 heteroatoms. The van der Waals surface area contributed by atoms with Gasteiger partial charge in [0.2, 0.25) is 11.8 Å². The van der Waals surface area contributed by atoms with Crippen molar-refractivity contribution in [3.05, 3.63) is 64.7 Å². The molecule has 0 N–H and O–H groups in total. The molecule has 0 aromatic heterocycles. The summed E-state index contributed by atoms with van der Waals surface area (Å²) in [4.78, 5) is 39.3. The van der Waals surface area contributed by atoms with Crippen LogP contribution in [0.1, 0.15) is 22.8 Å². The standard InChI is InChI=1S/C20H21ClN2O4/c1-14(24)23(18-11-16(20(26)27-3)9-10-17(18)21)13-19(25)22(2)12-15-7-5-4-6-8-15/h4-11H,12-13H2,1-3H3. The number of amides is 2. The van der Waals surface area contributed by atoms with E-state index in [0.717, 1.165) is 5.56 Å². The van der Waals surface area contributed by atoms with Gasteiger partial charge in [-0.3, -0.25) is 9.59 Å². The lowest BCUT2D eigenvalue weighted by atomic mass is 10.1. The Morgan fingerprint density at radius 3 is 2.33 bits per heavy atom. The lowest BCUT2D eigenvalue weighted by molar-refractivity contribution is -0.130. The Balaban J connectivity index is 2.21. The molecule has 0 radical (unpaired) electrons. The number of anilines is 1. The van der Waals surface area contributed by atoms with Gasteiger partial charge in [0.1, 0.15) is 6.54 Å². The van der Waals surface area contributed by atoms with Crippen molar-refractivity contribution >= 4 is 35.1 Å². The fraction of sp³-hybridized carbons (Fsp3) is 0.250. The van der Waals surface area contributed by atoms with E-state index in [1.165, 1.54) is 42.0 Å². The summed E-state index contributed by atoms with van der Waals surface area (Å²) < 4.78 is 4.70. The summed E-state index contributed by atoms with van der Waals surface area (Å²) in [5.41, 5.74) is 1.51. The number of halogens is 1. The zero-order valence-corrected chi connectivity index (χ0v) is 16.2.